The summed E-state index contributed by atoms with van der Waals surface area (Å²) < 4.78 is 5.47. The molecular formula is C11H16O2. The van der Waals surface area contributed by atoms with Gasteiger partial charge in [-0.2, -0.15) is 0 Å². The van der Waals surface area contributed by atoms with Gasteiger partial charge in [0.1, 0.15) is 5.75 Å². The number of ether oxygens (including phenoxy) is 1. The van der Waals surface area contributed by atoms with Gasteiger partial charge in [-0.05, 0) is 24.5 Å². The Morgan fingerprint density at radius 1 is 1.31 bits per heavy atom. The topological polar surface area (TPSA) is 29.5 Å². The quantitative estimate of drug-likeness (QED) is 0.751. The number of para-hydroxylation sites is 1. The Kier molecular flexibility index (Phi) is 4.33. The van der Waals surface area contributed by atoms with E-state index in [9.17, 15) is 0 Å². The van der Waals surface area contributed by atoms with Crippen LogP contribution in [-0.2, 0) is 0 Å². The molecule has 0 spiro atoms. The summed E-state index contributed by atoms with van der Waals surface area (Å²) in [5.41, 5.74) is 0. The molecule has 72 valence electrons. The minimum atomic E-state index is 0.234. The number of hydrogen-bond acceptors (Lipinski definition) is 2. The summed E-state index contributed by atoms with van der Waals surface area (Å²) >= 11 is 0. The van der Waals surface area contributed by atoms with Crippen LogP contribution in [0.25, 0.3) is 0 Å². The van der Waals surface area contributed by atoms with E-state index in [1.54, 1.807) is 0 Å². The molecule has 0 saturated heterocycles. The minimum absolute atomic E-state index is 0.234. The number of aliphatic hydroxyl groups is 1. The zero-order valence-corrected chi connectivity index (χ0v) is 7.94. The summed E-state index contributed by atoms with van der Waals surface area (Å²) in [4.78, 5) is 0. The predicted octanol–water partition coefficient (Wildman–Crippen LogP) is 2.08. The first-order valence-corrected chi connectivity index (χ1v) is 4.61. The normalized spacial score (nSPS) is 12.5. The van der Waals surface area contributed by atoms with Crippen LogP contribution in [0.15, 0.2) is 30.3 Å². The highest BCUT2D eigenvalue weighted by atomic mass is 16.5. The number of aliphatic hydroxyl groups excluding tert-OH is 1. The Morgan fingerprint density at radius 2 is 2.00 bits per heavy atom. The van der Waals surface area contributed by atoms with Crippen LogP contribution in [0.5, 0.6) is 5.75 Å². The molecule has 0 saturated carbocycles. The molecule has 0 amide bonds. The van der Waals surface area contributed by atoms with Gasteiger partial charge in [0.25, 0.3) is 0 Å². The van der Waals surface area contributed by atoms with Gasteiger partial charge in [-0.25, -0.2) is 0 Å². The largest absolute Gasteiger partial charge is 0.494 e. The van der Waals surface area contributed by atoms with Gasteiger partial charge in [0.2, 0.25) is 0 Å². The summed E-state index contributed by atoms with van der Waals surface area (Å²) in [6, 6.07) is 9.73. The van der Waals surface area contributed by atoms with Gasteiger partial charge in [0.15, 0.2) is 0 Å². The fourth-order valence-corrected chi connectivity index (χ4v) is 0.986. The van der Waals surface area contributed by atoms with Crippen molar-refractivity contribution in [2.75, 3.05) is 13.2 Å². The number of benzene rings is 1. The molecule has 1 N–H and O–H groups in total. The van der Waals surface area contributed by atoms with Crippen molar-refractivity contribution in [2.45, 2.75) is 13.3 Å². The molecule has 1 atom stereocenters. The Morgan fingerprint density at radius 3 is 2.62 bits per heavy atom. The van der Waals surface area contributed by atoms with Gasteiger partial charge in [0, 0.05) is 6.61 Å². The van der Waals surface area contributed by atoms with Crippen LogP contribution in [0, 0.1) is 5.92 Å². The molecule has 0 heterocycles. The molecule has 13 heavy (non-hydrogen) atoms. The summed E-state index contributed by atoms with van der Waals surface area (Å²) in [5, 5.41) is 8.78. The lowest BCUT2D eigenvalue weighted by Gasteiger charge is -2.08. The van der Waals surface area contributed by atoms with Crippen molar-refractivity contribution >= 4 is 0 Å². The van der Waals surface area contributed by atoms with E-state index in [2.05, 4.69) is 0 Å². The molecule has 1 rings (SSSR count). The van der Waals surface area contributed by atoms with E-state index in [0.717, 1.165) is 12.2 Å². The Balaban J connectivity index is 2.20. The van der Waals surface area contributed by atoms with Gasteiger partial charge in [-0.1, -0.05) is 25.1 Å². The molecule has 0 aromatic heterocycles. The van der Waals surface area contributed by atoms with Gasteiger partial charge in [-0.15, -0.1) is 0 Å². The van der Waals surface area contributed by atoms with Crippen molar-refractivity contribution in [3.8, 4) is 5.75 Å². The van der Waals surface area contributed by atoms with Crippen molar-refractivity contribution in [1.82, 2.24) is 0 Å². The lowest BCUT2D eigenvalue weighted by molar-refractivity contribution is 0.202. The number of rotatable bonds is 5. The fourth-order valence-electron chi connectivity index (χ4n) is 0.986. The summed E-state index contributed by atoms with van der Waals surface area (Å²) in [6.07, 6.45) is 0.894. The molecule has 2 nitrogen and oxygen atoms in total. The molecule has 0 bridgehead atoms. The highest BCUT2D eigenvalue weighted by Gasteiger charge is 1.99. The zero-order valence-electron chi connectivity index (χ0n) is 7.94. The Bertz CT molecular complexity index is 221. The van der Waals surface area contributed by atoms with E-state index in [1.807, 2.05) is 37.3 Å². The lowest BCUT2D eigenvalue weighted by atomic mass is 10.1. The maximum Gasteiger partial charge on any atom is 0.119 e. The van der Waals surface area contributed by atoms with E-state index in [0.29, 0.717) is 12.5 Å². The average Bonchev–Trinajstić information content (AvgIpc) is 2.19. The van der Waals surface area contributed by atoms with Gasteiger partial charge >= 0.3 is 0 Å². The van der Waals surface area contributed by atoms with Crippen LogP contribution in [0.1, 0.15) is 13.3 Å². The SMILES string of the molecule is CC(CO)CCOc1ccccc1. The predicted molar refractivity (Wildman–Crippen MR) is 52.8 cm³/mol. The van der Waals surface area contributed by atoms with Crippen LogP contribution in [0.2, 0.25) is 0 Å². The third-order valence-electron chi connectivity index (χ3n) is 1.93. The van der Waals surface area contributed by atoms with Crippen molar-refractivity contribution in [3.05, 3.63) is 30.3 Å². The van der Waals surface area contributed by atoms with Crippen LogP contribution >= 0.6 is 0 Å². The fraction of sp³-hybridized carbons (Fsp3) is 0.455. The smallest absolute Gasteiger partial charge is 0.119 e. The molecule has 1 unspecified atom stereocenters. The van der Waals surface area contributed by atoms with Crippen molar-refractivity contribution in [1.29, 1.82) is 0 Å². The monoisotopic (exact) mass is 180 g/mol. The summed E-state index contributed by atoms with van der Waals surface area (Å²) in [7, 11) is 0. The molecule has 2 heteroatoms. The average molecular weight is 180 g/mol. The molecule has 1 aromatic carbocycles. The Hall–Kier alpha value is -1.02. The summed E-state index contributed by atoms with van der Waals surface area (Å²) in [6.45, 7) is 2.91. The van der Waals surface area contributed by atoms with E-state index < -0.39 is 0 Å². The highest BCUT2D eigenvalue weighted by Crippen LogP contribution is 2.09. The molecular weight excluding hydrogens is 164 g/mol. The van der Waals surface area contributed by atoms with Gasteiger partial charge in [-0.3, -0.25) is 0 Å². The molecule has 0 radical (unpaired) electrons. The Labute approximate surface area is 79.2 Å². The van der Waals surface area contributed by atoms with Crippen molar-refractivity contribution in [3.63, 3.8) is 0 Å². The zero-order chi connectivity index (χ0) is 9.52. The van der Waals surface area contributed by atoms with Gasteiger partial charge < -0.3 is 9.84 Å². The first-order chi connectivity index (χ1) is 6.33. The van der Waals surface area contributed by atoms with Crippen LogP contribution in [0.4, 0.5) is 0 Å². The van der Waals surface area contributed by atoms with Crippen molar-refractivity contribution < 1.29 is 9.84 Å². The molecule has 0 aliphatic carbocycles. The molecule has 0 fully saturated rings. The highest BCUT2D eigenvalue weighted by molar-refractivity contribution is 5.20. The maximum atomic E-state index is 8.78. The second-order valence-electron chi connectivity index (χ2n) is 3.24. The molecule has 1 aromatic rings. The van der Waals surface area contributed by atoms with E-state index in [4.69, 9.17) is 9.84 Å². The first-order valence-electron chi connectivity index (χ1n) is 4.61. The van der Waals surface area contributed by atoms with Crippen LogP contribution < -0.4 is 4.74 Å². The van der Waals surface area contributed by atoms with Crippen LogP contribution in [0.3, 0.4) is 0 Å². The standard InChI is InChI=1S/C11H16O2/c1-10(9-12)7-8-13-11-5-3-2-4-6-11/h2-6,10,12H,7-9H2,1H3. The van der Waals surface area contributed by atoms with E-state index >= 15 is 0 Å². The molecule has 0 aliphatic heterocycles. The molecule has 0 aliphatic rings. The number of hydrogen-bond donors (Lipinski definition) is 1. The third kappa shape index (κ3) is 3.95. The second kappa shape index (κ2) is 5.60. The first kappa shape index (κ1) is 10.1. The lowest BCUT2D eigenvalue weighted by Crippen LogP contribution is -2.07. The summed E-state index contributed by atoms with van der Waals surface area (Å²) in [5.74, 6) is 1.22. The van der Waals surface area contributed by atoms with E-state index in [-0.39, 0.29) is 6.61 Å². The van der Waals surface area contributed by atoms with Crippen molar-refractivity contribution in [2.24, 2.45) is 5.92 Å². The van der Waals surface area contributed by atoms with E-state index in [1.165, 1.54) is 0 Å². The van der Waals surface area contributed by atoms with Crippen LogP contribution in [-0.4, -0.2) is 18.3 Å². The minimum Gasteiger partial charge on any atom is -0.494 e. The van der Waals surface area contributed by atoms with Gasteiger partial charge in [0.05, 0.1) is 6.61 Å². The maximum absolute atomic E-state index is 8.78. The second-order valence-corrected chi connectivity index (χ2v) is 3.24. The third-order valence-corrected chi connectivity index (χ3v) is 1.93.